The molecule has 0 aromatic heterocycles. The Kier molecular flexibility index (Phi) is 9.77. The number of hydrogen-bond donors (Lipinski definition) is 2. The normalized spacial score (nSPS) is 25.8. The molecule has 1 aliphatic rings. The first-order valence-corrected chi connectivity index (χ1v) is 9.28. The summed E-state index contributed by atoms with van der Waals surface area (Å²) in [5, 5.41) is 5.23. The quantitative estimate of drug-likeness (QED) is 0.522. The summed E-state index contributed by atoms with van der Waals surface area (Å²) in [7, 11) is 0. The SMILES string of the molecule is CC[C@H](C)[C@H]1COC(=O)COCC(=O)OC[C@H]([C@@H](C)CC)NC(=O)C(=O)N1. The number of nitrogens with one attached hydrogen (secondary N) is 2. The van der Waals surface area contributed by atoms with Crippen LogP contribution in [0.1, 0.15) is 40.5 Å². The highest BCUT2D eigenvalue weighted by Gasteiger charge is 2.27. The molecule has 154 valence electrons. The Hall–Kier alpha value is -2.16. The van der Waals surface area contributed by atoms with Gasteiger partial charge < -0.3 is 24.8 Å². The maximum atomic E-state index is 12.3. The van der Waals surface area contributed by atoms with Crippen LogP contribution in [-0.2, 0) is 33.4 Å². The molecule has 0 aromatic rings. The van der Waals surface area contributed by atoms with Crippen molar-refractivity contribution in [3.8, 4) is 0 Å². The number of ether oxygens (including phenoxy) is 3. The molecule has 0 bridgehead atoms. The number of carbonyl (C=O) groups excluding carboxylic acids is 4. The topological polar surface area (TPSA) is 120 Å². The van der Waals surface area contributed by atoms with E-state index in [-0.39, 0.29) is 25.0 Å². The minimum atomic E-state index is -0.817. The molecule has 0 saturated carbocycles. The molecule has 1 fully saturated rings. The Morgan fingerprint density at radius 2 is 1.19 bits per heavy atom. The van der Waals surface area contributed by atoms with Crippen LogP contribution >= 0.6 is 0 Å². The van der Waals surface area contributed by atoms with E-state index in [1.54, 1.807) is 0 Å². The first-order valence-electron chi connectivity index (χ1n) is 9.28. The summed E-state index contributed by atoms with van der Waals surface area (Å²) >= 11 is 0. The number of cyclic esters (lactones) is 2. The molecule has 1 heterocycles. The monoisotopic (exact) mass is 386 g/mol. The minimum absolute atomic E-state index is 0.0126. The predicted octanol–water partition coefficient (Wildman–Crippen LogP) is 0.165. The Balaban J connectivity index is 2.94. The van der Waals surface area contributed by atoms with Crippen LogP contribution in [0.15, 0.2) is 0 Å². The van der Waals surface area contributed by atoms with Gasteiger partial charge in [0.15, 0.2) is 0 Å². The van der Waals surface area contributed by atoms with E-state index in [4.69, 9.17) is 14.2 Å². The summed E-state index contributed by atoms with van der Waals surface area (Å²) in [5.41, 5.74) is 0. The van der Waals surface area contributed by atoms with Gasteiger partial charge >= 0.3 is 23.8 Å². The van der Waals surface area contributed by atoms with Gasteiger partial charge in [-0.25, -0.2) is 9.59 Å². The fourth-order valence-electron chi connectivity index (χ4n) is 2.40. The van der Waals surface area contributed by atoms with E-state index < -0.39 is 49.1 Å². The van der Waals surface area contributed by atoms with Crippen LogP contribution in [0.25, 0.3) is 0 Å². The molecule has 0 radical (unpaired) electrons. The van der Waals surface area contributed by atoms with Crippen LogP contribution in [0.2, 0.25) is 0 Å². The molecule has 4 atom stereocenters. The highest BCUT2D eigenvalue weighted by atomic mass is 16.6. The van der Waals surface area contributed by atoms with E-state index in [1.807, 2.05) is 27.7 Å². The van der Waals surface area contributed by atoms with Crippen molar-refractivity contribution in [3.63, 3.8) is 0 Å². The Morgan fingerprint density at radius 3 is 1.52 bits per heavy atom. The van der Waals surface area contributed by atoms with E-state index in [2.05, 4.69) is 10.6 Å². The molecule has 0 aromatic carbocycles. The zero-order valence-electron chi connectivity index (χ0n) is 16.4. The van der Waals surface area contributed by atoms with Crippen molar-refractivity contribution in [1.82, 2.24) is 10.6 Å². The van der Waals surface area contributed by atoms with Crippen LogP contribution in [0, 0.1) is 11.8 Å². The van der Waals surface area contributed by atoms with Gasteiger partial charge in [-0.15, -0.1) is 0 Å². The molecule has 0 aliphatic carbocycles. The van der Waals surface area contributed by atoms with Crippen molar-refractivity contribution in [2.24, 2.45) is 11.8 Å². The maximum absolute atomic E-state index is 12.3. The van der Waals surface area contributed by atoms with E-state index in [9.17, 15) is 19.2 Å². The second kappa shape index (κ2) is 11.5. The second-order valence-electron chi connectivity index (χ2n) is 6.79. The van der Waals surface area contributed by atoms with Crippen molar-refractivity contribution in [2.45, 2.75) is 52.6 Å². The summed E-state index contributed by atoms with van der Waals surface area (Å²) in [6, 6.07) is -1.02. The minimum Gasteiger partial charge on any atom is -0.462 e. The van der Waals surface area contributed by atoms with Gasteiger partial charge in [-0.05, 0) is 11.8 Å². The Morgan fingerprint density at radius 1 is 0.815 bits per heavy atom. The third-order valence-electron chi connectivity index (χ3n) is 4.79. The summed E-state index contributed by atoms with van der Waals surface area (Å²) in [6.45, 7) is 6.65. The highest BCUT2D eigenvalue weighted by Crippen LogP contribution is 2.10. The van der Waals surface area contributed by atoms with Crippen LogP contribution in [0.4, 0.5) is 0 Å². The van der Waals surface area contributed by atoms with Gasteiger partial charge in [0, 0.05) is 0 Å². The smallest absolute Gasteiger partial charge is 0.332 e. The van der Waals surface area contributed by atoms with E-state index in [0.29, 0.717) is 0 Å². The van der Waals surface area contributed by atoms with Gasteiger partial charge in [0.25, 0.3) is 0 Å². The molecular formula is C18H30N2O7. The first-order chi connectivity index (χ1) is 12.8. The standard InChI is InChI=1S/C18H30N2O7/c1-5-11(3)13-7-26-15(21)9-25-10-16(22)27-8-14(12(4)6-2)20-18(24)17(23)19-13/h11-14H,5-10H2,1-4H3,(H,19,23)(H,20,24)/t11-,12-,13+,14+/m0/s1. The molecule has 9 nitrogen and oxygen atoms in total. The number of esters is 2. The van der Waals surface area contributed by atoms with E-state index >= 15 is 0 Å². The number of rotatable bonds is 4. The molecule has 9 heteroatoms. The summed E-state index contributed by atoms with van der Waals surface area (Å²) in [5.74, 6) is -2.99. The largest absolute Gasteiger partial charge is 0.462 e. The van der Waals surface area contributed by atoms with E-state index in [1.165, 1.54) is 0 Å². The average Bonchev–Trinajstić information content (AvgIpc) is 2.66. The van der Waals surface area contributed by atoms with E-state index in [0.717, 1.165) is 12.8 Å². The lowest BCUT2D eigenvalue weighted by Crippen LogP contribution is -2.52. The molecule has 1 rings (SSSR count). The van der Waals surface area contributed by atoms with Gasteiger partial charge in [0.2, 0.25) is 0 Å². The fourth-order valence-corrected chi connectivity index (χ4v) is 2.40. The summed E-state index contributed by atoms with van der Waals surface area (Å²) in [4.78, 5) is 48.0. The Bertz CT molecular complexity index is 492. The fraction of sp³-hybridized carbons (Fsp3) is 0.778. The lowest BCUT2D eigenvalue weighted by atomic mass is 9.99. The van der Waals surface area contributed by atoms with Crippen LogP contribution in [0.5, 0.6) is 0 Å². The number of carbonyl (C=O) groups is 4. The maximum Gasteiger partial charge on any atom is 0.332 e. The zero-order chi connectivity index (χ0) is 20.4. The van der Waals surface area contributed by atoms with Gasteiger partial charge in [0.05, 0.1) is 12.1 Å². The van der Waals surface area contributed by atoms with Gasteiger partial charge in [-0.1, -0.05) is 40.5 Å². The molecule has 1 aliphatic heterocycles. The summed E-state index contributed by atoms with van der Waals surface area (Å²) < 4.78 is 15.2. The van der Waals surface area contributed by atoms with Gasteiger partial charge in [0.1, 0.15) is 26.4 Å². The molecule has 2 amide bonds. The number of amides is 2. The number of hydrogen-bond acceptors (Lipinski definition) is 7. The molecule has 2 N–H and O–H groups in total. The Labute approximate surface area is 159 Å². The van der Waals surface area contributed by atoms with Crippen molar-refractivity contribution in [1.29, 1.82) is 0 Å². The van der Waals surface area contributed by atoms with Gasteiger partial charge in [-0.2, -0.15) is 0 Å². The van der Waals surface area contributed by atoms with Crippen molar-refractivity contribution in [2.75, 3.05) is 26.4 Å². The first kappa shape index (κ1) is 22.9. The molecule has 0 spiro atoms. The van der Waals surface area contributed by atoms with Crippen molar-refractivity contribution in [3.05, 3.63) is 0 Å². The van der Waals surface area contributed by atoms with Crippen LogP contribution in [0.3, 0.4) is 0 Å². The van der Waals surface area contributed by atoms with Crippen LogP contribution in [-0.4, -0.2) is 62.3 Å². The average molecular weight is 386 g/mol. The zero-order valence-corrected chi connectivity index (χ0v) is 16.4. The third-order valence-corrected chi connectivity index (χ3v) is 4.79. The summed E-state index contributed by atoms with van der Waals surface area (Å²) in [6.07, 6.45) is 1.44. The third kappa shape index (κ3) is 7.94. The lowest BCUT2D eigenvalue weighted by Gasteiger charge is -2.26. The van der Waals surface area contributed by atoms with Crippen molar-refractivity contribution >= 4 is 23.8 Å². The molecule has 27 heavy (non-hydrogen) atoms. The molecule has 1 saturated heterocycles. The van der Waals surface area contributed by atoms with Crippen molar-refractivity contribution < 1.29 is 33.4 Å². The van der Waals surface area contributed by atoms with Gasteiger partial charge in [-0.3, -0.25) is 9.59 Å². The second-order valence-corrected chi connectivity index (χ2v) is 6.79. The molecular weight excluding hydrogens is 356 g/mol. The molecule has 0 unspecified atom stereocenters. The highest BCUT2D eigenvalue weighted by molar-refractivity contribution is 6.35. The predicted molar refractivity (Wildman–Crippen MR) is 95.5 cm³/mol. The van der Waals surface area contributed by atoms with Crippen LogP contribution < -0.4 is 10.6 Å². The lowest BCUT2D eigenvalue weighted by molar-refractivity contribution is -0.156.